The Kier molecular flexibility index (Phi) is 2.95. The van der Waals surface area contributed by atoms with Gasteiger partial charge in [-0.15, -0.1) is 0 Å². The largest absolute Gasteiger partial charge is 0.478 e. The number of anilines is 1. The molecule has 0 aromatic carbocycles. The van der Waals surface area contributed by atoms with Crippen molar-refractivity contribution in [2.24, 2.45) is 7.05 Å². The fourth-order valence-corrected chi connectivity index (χ4v) is 1.70. The smallest absolute Gasteiger partial charge is 0.339 e. The van der Waals surface area contributed by atoms with E-state index in [4.69, 9.17) is 5.11 Å². The fraction of sp³-hybridized carbons (Fsp3) is 0.364. The van der Waals surface area contributed by atoms with Crippen molar-refractivity contribution in [1.82, 2.24) is 14.8 Å². The highest BCUT2D eigenvalue weighted by Crippen LogP contribution is 2.25. The Hall–Kier alpha value is -2.11. The predicted molar refractivity (Wildman–Crippen MR) is 64.2 cm³/mol. The SMILES string of the molecule is CCCNc1c(C(=O)O)cnc2c1cnn2C. The second-order valence-electron chi connectivity index (χ2n) is 3.78. The van der Waals surface area contributed by atoms with Gasteiger partial charge < -0.3 is 10.4 Å². The molecule has 0 radical (unpaired) electrons. The normalized spacial score (nSPS) is 10.7. The molecule has 0 aliphatic heterocycles. The van der Waals surface area contributed by atoms with Gasteiger partial charge in [-0.25, -0.2) is 9.78 Å². The molecule has 0 aliphatic carbocycles. The number of carbonyl (C=O) groups is 1. The number of nitrogens with zero attached hydrogens (tertiary/aromatic N) is 3. The van der Waals surface area contributed by atoms with E-state index in [0.29, 0.717) is 17.9 Å². The van der Waals surface area contributed by atoms with Crippen LogP contribution in [0.4, 0.5) is 5.69 Å². The quantitative estimate of drug-likeness (QED) is 0.837. The van der Waals surface area contributed by atoms with Gasteiger partial charge in [0.15, 0.2) is 5.65 Å². The van der Waals surface area contributed by atoms with Gasteiger partial charge >= 0.3 is 5.97 Å². The number of hydrogen-bond acceptors (Lipinski definition) is 4. The van der Waals surface area contributed by atoms with E-state index in [1.165, 1.54) is 6.20 Å². The number of aromatic carboxylic acids is 1. The van der Waals surface area contributed by atoms with E-state index in [-0.39, 0.29) is 5.56 Å². The van der Waals surface area contributed by atoms with Crippen molar-refractivity contribution >= 4 is 22.7 Å². The molecule has 2 heterocycles. The number of rotatable bonds is 4. The zero-order chi connectivity index (χ0) is 12.4. The summed E-state index contributed by atoms with van der Waals surface area (Å²) in [4.78, 5) is 15.2. The topological polar surface area (TPSA) is 80.0 Å². The van der Waals surface area contributed by atoms with E-state index < -0.39 is 5.97 Å². The van der Waals surface area contributed by atoms with Gasteiger partial charge in [0.2, 0.25) is 0 Å². The van der Waals surface area contributed by atoms with Crippen molar-refractivity contribution in [3.8, 4) is 0 Å². The molecule has 2 N–H and O–H groups in total. The van der Waals surface area contributed by atoms with E-state index in [1.54, 1.807) is 17.9 Å². The second-order valence-corrected chi connectivity index (χ2v) is 3.78. The van der Waals surface area contributed by atoms with Gasteiger partial charge in [0.1, 0.15) is 5.56 Å². The molecule has 90 valence electrons. The van der Waals surface area contributed by atoms with Crippen LogP contribution in [0.15, 0.2) is 12.4 Å². The predicted octanol–water partition coefficient (Wildman–Crippen LogP) is 1.49. The Morgan fingerprint density at radius 2 is 2.29 bits per heavy atom. The first kappa shape index (κ1) is 11.4. The maximum absolute atomic E-state index is 11.1. The summed E-state index contributed by atoms with van der Waals surface area (Å²) in [5, 5.41) is 17.1. The summed E-state index contributed by atoms with van der Waals surface area (Å²) >= 11 is 0. The molecule has 2 aromatic heterocycles. The number of fused-ring (bicyclic) bond motifs is 1. The summed E-state index contributed by atoms with van der Waals surface area (Å²) < 4.78 is 1.62. The van der Waals surface area contributed by atoms with Crippen LogP contribution in [0.2, 0.25) is 0 Å². The third-order valence-electron chi connectivity index (χ3n) is 2.54. The highest BCUT2D eigenvalue weighted by Gasteiger charge is 2.16. The van der Waals surface area contributed by atoms with Crippen LogP contribution in [0.1, 0.15) is 23.7 Å². The summed E-state index contributed by atoms with van der Waals surface area (Å²) in [6.45, 7) is 2.74. The molecule has 0 saturated heterocycles. The van der Waals surface area contributed by atoms with Crippen LogP contribution in [-0.4, -0.2) is 32.4 Å². The lowest BCUT2D eigenvalue weighted by Gasteiger charge is -2.09. The van der Waals surface area contributed by atoms with E-state index in [2.05, 4.69) is 15.4 Å². The fourth-order valence-electron chi connectivity index (χ4n) is 1.70. The molecule has 0 unspecified atom stereocenters. The van der Waals surface area contributed by atoms with E-state index in [9.17, 15) is 4.79 Å². The van der Waals surface area contributed by atoms with Crippen LogP contribution in [0.3, 0.4) is 0 Å². The lowest BCUT2D eigenvalue weighted by Crippen LogP contribution is -2.08. The monoisotopic (exact) mass is 234 g/mol. The number of aryl methyl sites for hydroxylation is 1. The third-order valence-corrected chi connectivity index (χ3v) is 2.54. The van der Waals surface area contributed by atoms with Crippen molar-refractivity contribution in [3.63, 3.8) is 0 Å². The molecule has 17 heavy (non-hydrogen) atoms. The molecule has 0 bridgehead atoms. The molecular weight excluding hydrogens is 220 g/mol. The maximum atomic E-state index is 11.1. The molecule has 0 fully saturated rings. The first-order valence-electron chi connectivity index (χ1n) is 5.43. The summed E-state index contributed by atoms with van der Waals surface area (Å²) in [5.41, 5.74) is 1.45. The minimum atomic E-state index is -0.984. The van der Waals surface area contributed by atoms with Crippen molar-refractivity contribution < 1.29 is 9.90 Å². The van der Waals surface area contributed by atoms with Gasteiger partial charge in [-0.2, -0.15) is 5.10 Å². The van der Waals surface area contributed by atoms with Gasteiger partial charge in [0.25, 0.3) is 0 Å². The van der Waals surface area contributed by atoms with E-state index in [0.717, 1.165) is 11.8 Å². The Balaban J connectivity index is 2.62. The van der Waals surface area contributed by atoms with Crippen LogP contribution >= 0.6 is 0 Å². The third kappa shape index (κ3) is 1.93. The standard InChI is InChI=1S/C11H14N4O2/c1-3-4-12-9-7-6-14-15(2)10(7)13-5-8(9)11(16)17/h5-6H,3-4H2,1-2H3,(H,12,13)(H,16,17). The number of nitrogens with one attached hydrogen (secondary N) is 1. The minimum absolute atomic E-state index is 0.180. The molecule has 0 spiro atoms. The minimum Gasteiger partial charge on any atom is -0.478 e. The Morgan fingerprint density at radius 1 is 1.53 bits per heavy atom. The van der Waals surface area contributed by atoms with Gasteiger partial charge in [-0.1, -0.05) is 6.92 Å². The number of carboxylic acid groups (broad SMARTS) is 1. The summed E-state index contributed by atoms with van der Waals surface area (Å²) in [7, 11) is 1.78. The zero-order valence-electron chi connectivity index (χ0n) is 9.77. The lowest BCUT2D eigenvalue weighted by molar-refractivity contribution is 0.0697. The number of pyridine rings is 1. The second kappa shape index (κ2) is 4.40. The summed E-state index contributed by atoms with van der Waals surface area (Å²) in [6, 6.07) is 0. The lowest BCUT2D eigenvalue weighted by atomic mass is 10.2. The number of hydrogen-bond donors (Lipinski definition) is 2. The molecule has 2 aromatic rings. The molecular formula is C11H14N4O2. The van der Waals surface area contributed by atoms with E-state index >= 15 is 0 Å². The summed E-state index contributed by atoms with van der Waals surface area (Å²) in [6.07, 6.45) is 3.92. The van der Waals surface area contributed by atoms with Gasteiger partial charge in [-0.05, 0) is 6.42 Å². The van der Waals surface area contributed by atoms with Crippen LogP contribution < -0.4 is 5.32 Å². The Labute approximate surface area is 98.3 Å². The highest BCUT2D eigenvalue weighted by atomic mass is 16.4. The van der Waals surface area contributed by atoms with Crippen LogP contribution in [0.25, 0.3) is 11.0 Å². The summed E-state index contributed by atoms with van der Waals surface area (Å²) in [5.74, 6) is -0.984. The van der Waals surface area contributed by atoms with Crippen molar-refractivity contribution in [2.75, 3.05) is 11.9 Å². The first-order chi connectivity index (χ1) is 8.15. The maximum Gasteiger partial charge on any atom is 0.339 e. The van der Waals surface area contributed by atoms with E-state index in [1.807, 2.05) is 6.92 Å². The Morgan fingerprint density at radius 3 is 2.94 bits per heavy atom. The van der Waals surface area contributed by atoms with Crippen LogP contribution in [-0.2, 0) is 7.05 Å². The molecule has 0 atom stereocenters. The van der Waals surface area contributed by atoms with Crippen molar-refractivity contribution in [3.05, 3.63) is 18.0 Å². The molecule has 0 aliphatic rings. The molecule has 6 heteroatoms. The van der Waals surface area contributed by atoms with Crippen molar-refractivity contribution in [2.45, 2.75) is 13.3 Å². The van der Waals surface area contributed by atoms with Gasteiger partial charge in [-0.3, -0.25) is 4.68 Å². The van der Waals surface area contributed by atoms with Crippen LogP contribution in [0, 0.1) is 0 Å². The zero-order valence-corrected chi connectivity index (χ0v) is 9.77. The molecule has 2 rings (SSSR count). The Bertz CT molecular complexity index is 562. The number of carboxylic acids is 1. The highest BCUT2D eigenvalue weighted by molar-refractivity contribution is 6.03. The van der Waals surface area contributed by atoms with Crippen LogP contribution in [0.5, 0.6) is 0 Å². The van der Waals surface area contributed by atoms with Gasteiger partial charge in [0.05, 0.1) is 17.3 Å². The average molecular weight is 234 g/mol. The molecule has 0 saturated carbocycles. The molecule has 6 nitrogen and oxygen atoms in total. The number of aromatic nitrogens is 3. The molecule has 0 amide bonds. The average Bonchev–Trinajstić information content (AvgIpc) is 2.68. The van der Waals surface area contributed by atoms with Gasteiger partial charge in [0, 0.05) is 19.8 Å². The first-order valence-corrected chi connectivity index (χ1v) is 5.43. The van der Waals surface area contributed by atoms with Crippen molar-refractivity contribution in [1.29, 1.82) is 0 Å².